The number of rotatable bonds is 6. The maximum Gasteiger partial charge on any atom is 0.251 e. The molecule has 1 aromatic carbocycles. The number of hydrogen-bond donors (Lipinski definition) is 3. The van der Waals surface area contributed by atoms with E-state index in [1.54, 1.807) is 0 Å². The molecular formula is C19H21N5O2. The Labute approximate surface area is 151 Å². The predicted molar refractivity (Wildman–Crippen MR) is 99.0 cm³/mol. The number of hydrogen-bond acceptors (Lipinski definition) is 5. The zero-order chi connectivity index (χ0) is 17.8. The van der Waals surface area contributed by atoms with E-state index in [1.165, 1.54) is 6.33 Å². The molecule has 0 bridgehead atoms. The summed E-state index contributed by atoms with van der Waals surface area (Å²) in [4.78, 5) is 23.9. The first kappa shape index (κ1) is 16.5. The molecule has 0 spiro atoms. The second-order valence-electron chi connectivity index (χ2n) is 6.36. The third kappa shape index (κ3) is 3.67. The summed E-state index contributed by atoms with van der Waals surface area (Å²) in [6, 6.07) is 9.53. The third-order valence-corrected chi connectivity index (χ3v) is 4.52. The highest BCUT2D eigenvalue weighted by Crippen LogP contribution is 2.18. The maximum absolute atomic E-state index is 12.4. The van der Waals surface area contributed by atoms with Gasteiger partial charge in [-0.1, -0.05) is 12.1 Å². The van der Waals surface area contributed by atoms with Crippen LogP contribution in [0.5, 0.6) is 0 Å². The van der Waals surface area contributed by atoms with Crippen molar-refractivity contribution >= 4 is 22.8 Å². The van der Waals surface area contributed by atoms with Gasteiger partial charge in [0.15, 0.2) is 0 Å². The summed E-state index contributed by atoms with van der Waals surface area (Å²) in [5.74, 6) is 0.696. The van der Waals surface area contributed by atoms with Gasteiger partial charge < -0.3 is 20.4 Å². The SMILES string of the molecule is O=C(NCC1CCCO1)c1cccc(CNc2ncnc3[nH]ccc23)c1. The van der Waals surface area contributed by atoms with Crippen LogP contribution in [0.4, 0.5) is 5.82 Å². The number of fused-ring (bicyclic) bond motifs is 1. The normalized spacial score (nSPS) is 16.7. The highest BCUT2D eigenvalue weighted by atomic mass is 16.5. The highest BCUT2D eigenvalue weighted by Gasteiger charge is 2.16. The van der Waals surface area contributed by atoms with E-state index >= 15 is 0 Å². The largest absolute Gasteiger partial charge is 0.376 e. The van der Waals surface area contributed by atoms with Gasteiger partial charge in [0.25, 0.3) is 5.91 Å². The third-order valence-electron chi connectivity index (χ3n) is 4.52. The summed E-state index contributed by atoms with van der Waals surface area (Å²) >= 11 is 0. The van der Waals surface area contributed by atoms with Crippen LogP contribution >= 0.6 is 0 Å². The van der Waals surface area contributed by atoms with Gasteiger partial charge in [-0.25, -0.2) is 9.97 Å². The molecular weight excluding hydrogens is 330 g/mol. The molecule has 3 heterocycles. The molecule has 26 heavy (non-hydrogen) atoms. The topological polar surface area (TPSA) is 91.9 Å². The Hall–Kier alpha value is -2.93. The van der Waals surface area contributed by atoms with Crippen LogP contribution in [0.3, 0.4) is 0 Å². The van der Waals surface area contributed by atoms with Gasteiger partial charge in [-0.3, -0.25) is 4.79 Å². The van der Waals surface area contributed by atoms with E-state index in [9.17, 15) is 4.79 Å². The van der Waals surface area contributed by atoms with E-state index in [2.05, 4.69) is 25.6 Å². The first-order valence-corrected chi connectivity index (χ1v) is 8.80. The maximum atomic E-state index is 12.4. The minimum absolute atomic E-state index is 0.0718. The zero-order valence-electron chi connectivity index (χ0n) is 14.4. The summed E-state index contributed by atoms with van der Waals surface area (Å²) in [5, 5.41) is 7.21. The molecule has 3 aromatic rings. The minimum Gasteiger partial charge on any atom is -0.376 e. The lowest BCUT2D eigenvalue weighted by atomic mass is 10.1. The molecule has 1 amide bonds. The number of benzene rings is 1. The predicted octanol–water partition coefficient (Wildman–Crippen LogP) is 2.48. The molecule has 0 radical (unpaired) electrons. The number of aromatic nitrogens is 3. The second kappa shape index (κ2) is 7.53. The molecule has 1 fully saturated rings. The number of carbonyl (C=O) groups is 1. The van der Waals surface area contributed by atoms with Crippen LogP contribution in [0.15, 0.2) is 42.9 Å². The Morgan fingerprint density at radius 1 is 1.31 bits per heavy atom. The lowest BCUT2D eigenvalue weighted by molar-refractivity contribution is 0.0857. The van der Waals surface area contributed by atoms with E-state index in [4.69, 9.17) is 4.74 Å². The fourth-order valence-corrected chi connectivity index (χ4v) is 3.14. The molecule has 1 aliphatic rings. The van der Waals surface area contributed by atoms with Crippen LogP contribution in [-0.2, 0) is 11.3 Å². The van der Waals surface area contributed by atoms with Crippen LogP contribution < -0.4 is 10.6 Å². The van der Waals surface area contributed by atoms with Crippen molar-refractivity contribution in [2.24, 2.45) is 0 Å². The molecule has 7 nitrogen and oxygen atoms in total. The van der Waals surface area contributed by atoms with Crippen molar-refractivity contribution in [3.63, 3.8) is 0 Å². The Morgan fingerprint density at radius 2 is 2.27 bits per heavy atom. The smallest absolute Gasteiger partial charge is 0.251 e. The molecule has 0 saturated carbocycles. The van der Waals surface area contributed by atoms with Gasteiger partial charge in [0.1, 0.15) is 17.8 Å². The molecule has 1 saturated heterocycles. The fraction of sp³-hybridized carbons (Fsp3) is 0.316. The monoisotopic (exact) mass is 351 g/mol. The summed E-state index contributed by atoms with van der Waals surface area (Å²) in [6.07, 6.45) is 5.58. The van der Waals surface area contributed by atoms with E-state index in [1.807, 2.05) is 36.5 Å². The number of carbonyl (C=O) groups excluding carboxylic acids is 1. The van der Waals surface area contributed by atoms with E-state index in [0.29, 0.717) is 18.7 Å². The number of ether oxygens (including phenoxy) is 1. The Morgan fingerprint density at radius 3 is 3.15 bits per heavy atom. The molecule has 1 aliphatic heterocycles. The average molecular weight is 351 g/mol. The van der Waals surface area contributed by atoms with Crippen LogP contribution in [0.25, 0.3) is 11.0 Å². The van der Waals surface area contributed by atoms with Gasteiger partial charge in [-0.05, 0) is 36.6 Å². The Bertz CT molecular complexity index is 902. The highest BCUT2D eigenvalue weighted by molar-refractivity contribution is 5.94. The zero-order valence-corrected chi connectivity index (χ0v) is 14.4. The Kier molecular flexibility index (Phi) is 4.79. The van der Waals surface area contributed by atoms with Crippen molar-refractivity contribution < 1.29 is 9.53 Å². The quantitative estimate of drug-likeness (QED) is 0.634. The minimum atomic E-state index is -0.0718. The van der Waals surface area contributed by atoms with Crippen LogP contribution in [-0.4, -0.2) is 40.1 Å². The molecule has 134 valence electrons. The number of amides is 1. The number of H-pyrrole nitrogens is 1. The van der Waals surface area contributed by atoms with Gasteiger partial charge in [-0.2, -0.15) is 0 Å². The molecule has 3 N–H and O–H groups in total. The summed E-state index contributed by atoms with van der Waals surface area (Å²) in [6.45, 7) is 1.93. The van der Waals surface area contributed by atoms with E-state index in [0.717, 1.165) is 41.9 Å². The van der Waals surface area contributed by atoms with Crippen LogP contribution in [0.1, 0.15) is 28.8 Å². The van der Waals surface area contributed by atoms with Crippen LogP contribution in [0.2, 0.25) is 0 Å². The Balaban J connectivity index is 1.39. The first-order valence-electron chi connectivity index (χ1n) is 8.80. The molecule has 2 aromatic heterocycles. The van der Waals surface area contributed by atoms with Gasteiger partial charge in [-0.15, -0.1) is 0 Å². The van der Waals surface area contributed by atoms with E-state index in [-0.39, 0.29) is 12.0 Å². The van der Waals surface area contributed by atoms with E-state index < -0.39 is 0 Å². The number of nitrogens with one attached hydrogen (secondary N) is 3. The van der Waals surface area contributed by atoms with Gasteiger partial charge >= 0.3 is 0 Å². The molecule has 0 aliphatic carbocycles. The lowest BCUT2D eigenvalue weighted by Gasteiger charge is -2.12. The summed E-state index contributed by atoms with van der Waals surface area (Å²) < 4.78 is 5.54. The molecule has 1 atom stereocenters. The number of anilines is 1. The van der Waals surface area contributed by atoms with Crippen molar-refractivity contribution in [2.45, 2.75) is 25.5 Å². The average Bonchev–Trinajstić information content (AvgIpc) is 3.36. The van der Waals surface area contributed by atoms with Crippen molar-refractivity contribution in [1.82, 2.24) is 20.3 Å². The molecule has 7 heteroatoms. The van der Waals surface area contributed by atoms with Crippen LogP contribution in [0, 0.1) is 0 Å². The standard InChI is InChI=1S/C19H21N5O2/c25-19(22-11-15-5-2-8-26-15)14-4-1-3-13(9-14)10-21-18-16-6-7-20-17(16)23-12-24-18/h1,3-4,6-7,9,12,15H,2,5,8,10-11H2,(H,22,25)(H2,20,21,23,24). The van der Waals surface area contributed by atoms with Crippen molar-refractivity contribution in [2.75, 3.05) is 18.5 Å². The summed E-state index contributed by atoms with van der Waals surface area (Å²) in [7, 11) is 0. The van der Waals surface area contributed by atoms with Gasteiger partial charge in [0.05, 0.1) is 11.5 Å². The second-order valence-corrected chi connectivity index (χ2v) is 6.36. The summed E-state index contributed by atoms with van der Waals surface area (Å²) in [5.41, 5.74) is 2.46. The van der Waals surface area contributed by atoms with Crippen molar-refractivity contribution in [1.29, 1.82) is 0 Å². The van der Waals surface area contributed by atoms with Gasteiger partial charge in [0, 0.05) is 31.5 Å². The number of nitrogens with zero attached hydrogens (tertiary/aromatic N) is 2. The number of aromatic amines is 1. The molecule has 1 unspecified atom stereocenters. The van der Waals surface area contributed by atoms with Crippen molar-refractivity contribution in [3.8, 4) is 0 Å². The molecule has 4 rings (SSSR count). The van der Waals surface area contributed by atoms with Gasteiger partial charge in [0.2, 0.25) is 0 Å². The first-order chi connectivity index (χ1) is 12.8. The fourth-order valence-electron chi connectivity index (χ4n) is 3.14. The van der Waals surface area contributed by atoms with Crippen molar-refractivity contribution in [3.05, 3.63) is 54.0 Å². The lowest BCUT2D eigenvalue weighted by Crippen LogP contribution is -2.31.